The van der Waals surface area contributed by atoms with Gasteiger partial charge in [0.05, 0.1) is 16.5 Å². The van der Waals surface area contributed by atoms with Crippen molar-refractivity contribution >= 4 is 22.6 Å². The first-order valence-electron chi connectivity index (χ1n) is 10.8. The van der Waals surface area contributed by atoms with Gasteiger partial charge in [-0.05, 0) is 50.1 Å². The SMILES string of the molecule is CCOCCCn1c(=NC(=O)c2ccccc2F)c(C#N)cc2c(=O)n3cccc(C)c3nc21. The Balaban J connectivity index is 2.05. The molecular weight excluding hydrogens is 437 g/mol. The van der Waals surface area contributed by atoms with Gasteiger partial charge in [-0.15, -0.1) is 0 Å². The number of aryl methyl sites for hydroxylation is 2. The number of carbonyl (C=O) groups excluding carboxylic acids is 1. The number of nitriles is 1. The maximum Gasteiger partial charge on any atom is 0.281 e. The molecule has 0 aliphatic carbocycles. The number of fused-ring (bicyclic) bond motifs is 2. The summed E-state index contributed by atoms with van der Waals surface area (Å²) in [7, 11) is 0. The lowest BCUT2D eigenvalue weighted by atomic mass is 10.2. The van der Waals surface area contributed by atoms with E-state index in [4.69, 9.17) is 9.72 Å². The van der Waals surface area contributed by atoms with E-state index in [1.54, 1.807) is 16.8 Å². The van der Waals surface area contributed by atoms with Gasteiger partial charge in [0.15, 0.2) is 5.49 Å². The molecule has 0 bridgehead atoms. The Bertz CT molecular complexity index is 1580. The number of benzene rings is 1. The van der Waals surface area contributed by atoms with Crippen LogP contribution in [0.4, 0.5) is 4.39 Å². The molecule has 3 aromatic heterocycles. The standard InChI is InChI=1S/C25H22FN5O3/c1-3-34-13-7-12-30-22(29-24(32)18-9-4-5-10-20(18)26)17(15-27)14-19-23(30)28-21-16(2)8-6-11-31(21)25(19)33/h4-6,8-11,14H,3,7,12-13H2,1-2H3. The van der Waals surface area contributed by atoms with E-state index < -0.39 is 11.7 Å². The molecule has 0 N–H and O–H groups in total. The van der Waals surface area contributed by atoms with Crippen LogP contribution in [0.5, 0.6) is 0 Å². The first-order valence-corrected chi connectivity index (χ1v) is 10.8. The molecule has 0 fully saturated rings. The van der Waals surface area contributed by atoms with E-state index in [1.807, 2.05) is 26.0 Å². The fourth-order valence-corrected chi connectivity index (χ4v) is 3.76. The zero-order chi connectivity index (χ0) is 24.2. The maximum absolute atomic E-state index is 14.2. The third-order valence-corrected chi connectivity index (χ3v) is 5.41. The van der Waals surface area contributed by atoms with Crippen LogP contribution in [0.2, 0.25) is 0 Å². The Morgan fingerprint density at radius 1 is 1.24 bits per heavy atom. The highest BCUT2D eigenvalue weighted by molar-refractivity contribution is 5.95. The minimum Gasteiger partial charge on any atom is -0.382 e. The second-order valence-electron chi connectivity index (χ2n) is 7.63. The van der Waals surface area contributed by atoms with Crippen molar-refractivity contribution in [2.45, 2.75) is 26.8 Å². The van der Waals surface area contributed by atoms with E-state index in [1.165, 1.54) is 34.7 Å². The molecule has 0 spiro atoms. The van der Waals surface area contributed by atoms with Gasteiger partial charge in [0, 0.05) is 26.0 Å². The molecule has 4 aromatic rings. The van der Waals surface area contributed by atoms with E-state index >= 15 is 0 Å². The van der Waals surface area contributed by atoms with Gasteiger partial charge < -0.3 is 9.30 Å². The number of hydrogen-bond acceptors (Lipinski definition) is 5. The number of carbonyl (C=O) groups is 1. The molecule has 1 aromatic carbocycles. The average Bonchev–Trinajstić information content (AvgIpc) is 2.83. The molecule has 4 rings (SSSR count). The molecule has 1 amide bonds. The van der Waals surface area contributed by atoms with Crippen molar-refractivity contribution in [3.05, 3.63) is 87.0 Å². The van der Waals surface area contributed by atoms with Crippen LogP contribution in [0.25, 0.3) is 16.7 Å². The zero-order valence-electron chi connectivity index (χ0n) is 18.8. The largest absolute Gasteiger partial charge is 0.382 e. The summed E-state index contributed by atoms with van der Waals surface area (Å²) in [6, 6.07) is 12.5. The summed E-state index contributed by atoms with van der Waals surface area (Å²) < 4.78 is 22.6. The van der Waals surface area contributed by atoms with Gasteiger partial charge in [0.2, 0.25) is 0 Å². The Morgan fingerprint density at radius 2 is 2.03 bits per heavy atom. The van der Waals surface area contributed by atoms with Crippen molar-refractivity contribution < 1.29 is 13.9 Å². The van der Waals surface area contributed by atoms with Crippen molar-refractivity contribution in [2.24, 2.45) is 4.99 Å². The molecule has 3 heterocycles. The van der Waals surface area contributed by atoms with E-state index in [-0.39, 0.29) is 39.8 Å². The summed E-state index contributed by atoms with van der Waals surface area (Å²) >= 11 is 0. The number of hydrogen-bond donors (Lipinski definition) is 0. The van der Waals surface area contributed by atoms with Crippen LogP contribution in [0.3, 0.4) is 0 Å². The number of ether oxygens (including phenoxy) is 1. The zero-order valence-corrected chi connectivity index (χ0v) is 18.8. The lowest BCUT2D eigenvalue weighted by molar-refractivity contribution is 0.0993. The normalized spacial score (nSPS) is 11.8. The third-order valence-electron chi connectivity index (χ3n) is 5.41. The summed E-state index contributed by atoms with van der Waals surface area (Å²) in [6.07, 6.45) is 2.14. The molecule has 8 nitrogen and oxygen atoms in total. The highest BCUT2D eigenvalue weighted by Crippen LogP contribution is 2.14. The first-order chi connectivity index (χ1) is 16.5. The number of amides is 1. The van der Waals surface area contributed by atoms with E-state index in [2.05, 4.69) is 4.99 Å². The molecule has 0 saturated carbocycles. The first kappa shape index (κ1) is 23.0. The Labute approximate surface area is 194 Å². The minimum absolute atomic E-state index is 0.0140. The molecule has 34 heavy (non-hydrogen) atoms. The second kappa shape index (κ2) is 9.77. The van der Waals surface area contributed by atoms with Gasteiger partial charge in [-0.1, -0.05) is 18.2 Å². The Hall–Kier alpha value is -4.16. The molecular formula is C25H22FN5O3. The van der Waals surface area contributed by atoms with Crippen LogP contribution < -0.4 is 11.0 Å². The predicted molar refractivity (Wildman–Crippen MR) is 124 cm³/mol. The quantitative estimate of drug-likeness (QED) is 0.326. The molecule has 0 aliphatic heterocycles. The van der Waals surface area contributed by atoms with Crippen LogP contribution in [0, 0.1) is 24.1 Å². The van der Waals surface area contributed by atoms with Crippen LogP contribution in [-0.2, 0) is 11.3 Å². The van der Waals surface area contributed by atoms with E-state index in [0.29, 0.717) is 25.3 Å². The van der Waals surface area contributed by atoms with Gasteiger partial charge in [0.25, 0.3) is 11.5 Å². The van der Waals surface area contributed by atoms with Crippen molar-refractivity contribution in [1.82, 2.24) is 14.0 Å². The van der Waals surface area contributed by atoms with E-state index in [0.717, 1.165) is 5.56 Å². The van der Waals surface area contributed by atoms with Crippen LogP contribution in [-0.4, -0.2) is 33.1 Å². The molecule has 0 unspecified atom stereocenters. The number of rotatable bonds is 6. The third kappa shape index (κ3) is 4.23. The van der Waals surface area contributed by atoms with Crippen molar-refractivity contribution in [3.8, 4) is 6.07 Å². The molecule has 0 saturated heterocycles. The minimum atomic E-state index is -0.832. The van der Waals surface area contributed by atoms with Crippen LogP contribution >= 0.6 is 0 Å². The Morgan fingerprint density at radius 3 is 2.76 bits per heavy atom. The highest BCUT2D eigenvalue weighted by Gasteiger charge is 2.17. The number of pyridine rings is 2. The predicted octanol–water partition coefficient (Wildman–Crippen LogP) is 3.14. The topological polar surface area (TPSA) is 102 Å². The summed E-state index contributed by atoms with van der Waals surface area (Å²) in [5, 5.41) is 10.1. The highest BCUT2D eigenvalue weighted by atomic mass is 19.1. The van der Waals surface area contributed by atoms with Crippen LogP contribution in [0.15, 0.2) is 58.4 Å². The molecule has 9 heteroatoms. The average molecular weight is 459 g/mol. The lowest BCUT2D eigenvalue weighted by Gasteiger charge is -2.14. The fourth-order valence-electron chi connectivity index (χ4n) is 3.76. The molecule has 0 atom stereocenters. The smallest absolute Gasteiger partial charge is 0.281 e. The summed E-state index contributed by atoms with van der Waals surface area (Å²) in [5.74, 6) is -1.54. The van der Waals surface area contributed by atoms with Crippen molar-refractivity contribution in [2.75, 3.05) is 13.2 Å². The number of nitrogens with zero attached hydrogens (tertiary/aromatic N) is 5. The second-order valence-corrected chi connectivity index (χ2v) is 7.63. The van der Waals surface area contributed by atoms with Crippen molar-refractivity contribution in [1.29, 1.82) is 5.26 Å². The number of aromatic nitrogens is 3. The maximum atomic E-state index is 14.2. The van der Waals surface area contributed by atoms with Crippen molar-refractivity contribution in [3.63, 3.8) is 0 Å². The summed E-state index contributed by atoms with van der Waals surface area (Å²) in [4.78, 5) is 34.9. The molecule has 0 radical (unpaired) electrons. The van der Waals surface area contributed by atoms with Crippen LogP contribution in [0.1, 0.15) is 34.8 Å². The number of halogens is 1. The molecule has 0 aliphatic rings. The van der Waals surface area contributed by atoms with Gasteiger partial charge >= 0.3 is 0 Å². The lowest BCUT2D eigenvalue weighted by Crippen LogP contribution is -2.30. The van der Waals surface area contributed by atoms with Gasteiger partial charge in [-0.3, -0.25) is 14.0 Å². The van der Waals surface area contributed by atoms with Gasteiger partial charge in [-0.2, -0.15) is 10.3 Å². The van der Waals surface area contributed by atoms with Gasteiger partial charge in [-0.25, -0.2) is 9.37 Å². The summed E-state index contributed by atoms with van der Waals surface area (Å²) in [6.45, 7) is 4.96. The van der Waals surface area contributed by atoms with E-state index in [9.17, 15) is 19.2 Å². The molecule has 172 valence electrons. The van der Waals surface area contributed by atoms with Gasteiger partial charge in [0.1, 0.15) is 23.2 Å². The fraction of sp³-hybridized carbons (Fsp3) is 0.240. The monoisotopic (exact) mass is 459 g/mol. The Kier molecular flexibility index (Phi) is 6.61. The summed E-state index contributed by atoms with van der Waals surface area (Å²) in [5.41, 5.74) is 1.00.